The fraction of sp³-hybridized carbons (Fsp3) is 0.0370. The molecule has 8 heteroatoms. The van der Waals surface area contributed by atoms with Crippen molar-refractivity contribution in [3.8, 4) is 0 Å². The Kier molecular flexibility index (Phi) is 5.90. The summed E-state index contributed by atoms with van der Waals surface area (Å²) in [5, 5.41) is 4.10. The van der Waals surface area contributed by atoms with E-state index in [2.05, 4.69) is 10.9 Å². The maximum Gasteiger partial charge on any atom is 0.416 e. The number of nitrogen functional groups attached to an aromatic ring is 3. The monoisotopic (exact) mass is 475 g/mol. The van der Waals surface area contributed by atoms with Gasteiger partial charge in [-0.3, -0.25) is 0 Å². The predicted molar refractivity (Wildman–Crippen MR) is 134 cm³/mol. The van der Waals surface area contributed by atoms with Crippen LogP contribution in [0.25, 0.3) is 21.5 Å². The topological polar surface area (TPSA) is 83.3 Å². The lowest BCUT2D eigenvalue weighted by atomic mass is 10.1. The highest BCUT2D eigenvalue weighted by atomic mass is 19.4. The van der Waals surface area contributed by atoms with Gasteiger partial charge in [-0.15, -0.1) is 0 Å². The first-order chi connectivity index (χ1) is 16.9. The minimum absolute atomic E-state index is 0.577. The summed E-state index contributed by atoms with van der Waals surface area (Å²) in [6, 6.07) is 28.8. The Morgan fingerprint density at radius 1 is 0.571 bits per heavy atom. The Hall–Kier alpha value is -4.27. The van der Waals surface area contributed by atoms with Crippen molar-refractivity contribution >= 4 is 50.0 Å². The summed E-state index contributed by atoms with van der Waals surface area (Å²) in [7, 11) is 0. The molecule has 0 saturated heterocycles. The smallest absolute Gasteiger partial charge is 0.398 e. The van der Waals surface area contributed by atoms with Gasteiger partial charge in [-0.05, 0) is 48.5 Å². The van der Waals surface area contributed by atoms with Gasteiger partial charge in [-0.2, -0.15) is 13.2 Å². The molecule has 0 aliphatic heterocycles. The number of anilines is 3. The van der Waals surface area contributed by atoms with Crippen LogP contribution in [0.5, 0.6) is 0 Å². The van der Waals surface area contributed by atoms with Gasteiger partial charge in [0.1, 0.15) is 0 Å². The van der Waals surface area contributed by atoms with E-state index in [1.165, 1.54) is 12.1 Å². The lowest BCUT2D eigenvalue weighted by molar-refractivity contribution is -0.537. The Bertz CT molecular complexity index is 1500. The number of alkyl halides is 3. The minimum Gasteiger partial charge on any atom is -0.398 e. The van der Waals surface area contributed by atoms with Crippen molar-refractivity contribution in [3.05, 3.63) is 103 Å². The van der Waals surface area contributed by atoms with Crippen LogP contribution in [0.15, 0.2) is 97.1 Å². The molecule has 5 aromatic rings. The van der Waals surface area contributed by atoms with Gasteiger partial charge in [0.25, 0.3) is 0 Å². The first kappa shape index (κ1) is 22.5. The van der Waals surface area contributed by atoms with Crippen molar-refractivity contribution in [3.63, 3.8) is 0 Å². The van der Waals surface area contributed by atoms with Crippen LogP contribution in [-0.2, 0) is 6.18 Å². The van der Waals surface area contributed by atoms with Crippen LogP contribution in [0, 0.1) is 0 Å². The molecular formula is C27H24F3N5+2. The van der Waals surface area contributed by atoms with Gasteiger partial charge < -0.3 is 5.73 Å². The summed E-state index contributed by atoms with van der Waals surface area (Å²) in [6.07, 6.45) is -4.35. The van der Waals surface area contributed by atoms with Crippen LogP contribution in [0.1, 0.15) is 5.56 Å². The first-order valence-corrected chi connectivity index (χ1v) is 11.1. The van der Waals surface area contributed by atoms with Gasteiger partial charge in [-0.1, -0.05) is 36.4 Å². The molecule has 0 amide bonds. The van der Waals surface area contributed by atoms with Gasteiger partial charge in [0.2, 0.25) is 0 Å². The van der Waals surface area contributed by atoms with Crippen molar-refractivity contribution in [2.45, 2.75) is 6.18 Å². The van der Waals surface area contributed by atoms with E-state index >= 15 is 0 Å². The van der Waals surface area contributed by atoms with Crippen LogP contribution in [0.3, 0.4) is 0 Å². The Morgan fingerprint density at radius 3 is 1.77 bits per heavy atom. The number of halogens is 3. The van der Waals surface area contributed by atoms with E-state index in [9.17, 15) is 13.2 Å². The van der Waals surface area contributed by atoms with Crippen LogP contribution in [0.2, 0.25) is 0 Å². The Labute approximate surface area is 199 Å². The molecule has 8 N–H and O–H groups in total. The quantitative estimate of drug-likeness (QED) is 0.136. The normalized spacial score (nSPS) is 11.6. The van der Waals surface area contributed by atoms with E-state index in [1.54, 1.807) is 5.43 Å². The maximum absolute atomic E-state index is 12.8. The van der Waals surface area contributed by atoms with Gasteiger partial charge in [0, 0.05) is 39.4 Å². The molecule has 0 fully saturated rings. The van der Waals surface area contributed by atoms with E-state index in [0.717, 1.165) is 56.4 Å². The zero-order chi connectivity index (χ0) is 24.4. The van der Waals surface area contributed by atoms with E-state index in [4.69, 9.17) is 5.73 Å². The first-order valence-electron chi connectivity index (χ1n) is 11.1. The number of hydrogen-bond donors (Lipinski definition) is 5. The molecule has 5 aromatic carbocycles. The summed E-state index contributed by atoms with van der Waals surface area (Å²) >= 11 is 0. The standard InChI is InChI=1S/C27H22F3N5/c28-27(29,30)17-9-11-18(12-10-17)32-33-25-15-16-26(22-8-4-3-7-21(22)25)35-34-24-14-13-23(31)19-5-1-2-6-20(19)24/h1-16,32-35H,31H2/p+2. The number of benzene rings is 5. The van der Waals surface area contributed by atoms with Crippen LogP contribution in [0.4, 0.5) is 41.6 Å². The van der Waals surface area contributed by atoms with Crippen LogP contribution >= 0.6 is 0 Å². The zero-order valence-electron chi connectivity index (χ0n) is 18.6. The van der Waals surface area contributed by atoms with Gasteiger partial charge >= 0.3 is 6.18 Å². The molecule has 35 heavy (non-hydrogen) atoms. The molecule has 176 valence electrons. The highest BCUT2D eigenvalue weighted by Crippen LogP contribution is 2.30. The molecular weight excluding hydrogens is 451 g/mol. The van der Waals surface area contributed by atoms with Crippen molar-refractivity contribution < 1.29 is 24.0 Å². The lowest BCUT2D eigenvalue weighted by Crippen LogP contribution is -2.83. The molecule has 0 unspecified atom stereocenters. The number of hydrogen-bond acceptors (Lipinski definition) is 3. The number of fused-ring (bicyclic) bond motifs is 2. The molecule has 0 heterocycles. The van der Waals surface area contributed by atoms with Crippen LogP contribution < -0.4 is 27.4 Å². The second-order valence-electron chi connectivity index (χ2n) is 8.19. The number of rotatable bonds is 6. The van der Waals surface area contributed by atoms with E-state index in [1.807, 2.05) is 78.2 Å². The molecule has 0 bridgehead atoms. The fourth-order valence-corrected chi connectivity index (χ4v) is 4.12. The van der Waals surface area contributed by atoms with Crippen molar-refractivity contribution in [2.24, 2.45) is 0 Å². The summed E-state index contributed by atoms with van der Waals surface area (Å²) in [6.45, 7) is 0. The second kappa shape index (κ2) is 9.17. The average Bonchev–Trinajstić information content (AvgIpc) is 2.87. The lowest BCUT2D eigenvalue weighted by Gasteiger charge is -2.13. The van der Waals surface area contributed by atoms with E-state index in [-0.39, 0.29) is 0 Å². The number of nitrogens with one attached hydrogen (secondary N) is 2. The minimum atomic E-state index is -4.35. The van der Waals surface area contributed by atoms with Crippen molar-refractivity contribution in [1.82, 2.24) is 0 Å². The highest BCUT2D eigenvalue weighted by Gasteiger charge is 2.30. The molecule has 5 rings (SSSR count). The zero-order valence-corrected chi connectivity index (χ0v) is 18.6. The van der Waals surface area contributed by atoms with Crippen molar-refractivity contribution in [1.29, 1.82) is 0 Å². The summed E-state index contributed by atoms with van der Waals surface area (Å²) in [5.41, 5.74) is 20.0. The predicted octanol–water partition coefficient (Wildman–Crippen LogP) is 5.04. The van der Waals surface area contributed by atoms with E-state index in [0.29, 0.717) is 5.69 Å². The summed E-state index contributed by atoms with van der Waals surface area (Å²) in [4.78, 5) is 0. The molecule has 0 atom stereocenters. The van der Waals surface area contributed by atoms with Gasteiger partial charge in [0.15, 0.2) is 11.4 Å². The molecule has 0 aliphatic rings. The summed E-state index contributed by atoms with van der Waals surface area (Å²) < 4.78 is 38.4. The Morgan fingerprint density at radius 2 is 1.11 bits per heavy atom. The van der Waals surface area contributed by atoms with Crippen molar-refractivity contribution in [2.75, 3.05) is 16.6 Å². The number of quaternary nitrogens is 2. The highest BCUT2D eigenvalue weighted by molar-refractivity contribution is 6.00. The third-order valence-electron chi connectivity index (χ3n) is 5.94. The maximum atomic E-state index is 12.8. The molecule has 5 nitrogen and oxygen atoms in total. The second-order valence-corrected chi connectivity index (χ2v) is 8.19. The van der Waals surface area contributed by atoms with E-state index < -0.39 is 11.7 Å². The molecule has 0 saturated carbocycles. The molecule has 0 aliphatic carbocycles. The van der Waals surface area contributed by atoms with Crippen LogP contribution in [-0.4, -0.2) is 0 Å². The van der Waals surface area contributed by atoms with Gasteiger partial charge in [0.05, 0.1) is 16.9 Å². The average molecular weight is 476 g/mol. The van der Waals surface area contributed by atoms with Gasteiger partial charge in [-0.25, -0.2) is 21.7 Å². The number of nitrogens with two attached hydrogens (primary N) is 3. The molecule has 0 spiro atoms. The Balaban J connectivity index is 1.36. The largest absolute Gasteiger partial charge is 0.416 e. The molecule has 0 aromatic heterocycles. The fourth-order valence-electron chi connectivity index (χ4n) is 4.12. The SMILES string of the molecule is Nc1ccc([NH2+]Nc2ccc([NH2+]Nc3ccc(C(F)(F)F)cc3)c3ccccc23)c2ccccc12. The third kappa shape index (κ3) is 4.70. The molecule has 0 radical (unpaired) electrons. The summed E-state index contributed by atoms with van der Waals surface area (Å²) in [5.74, 6) is 0. The third-order valence-corrected chi connectivity index (χ3v) is 5.94.